The molecular weight excluding hydrogens is 294 g/mol. The largest absolute Gasteiger partial charge is 0.469 e. The summed E-state index contributed by atoms with van der Waals surface area (Å²) in [5.74, 6) is -0.482. The maximum atomic E-state index is 12.3. The fourth-order valence-electron chi connectivity index (χ4n) is 2.14. The van der Waals surface area contributed by atoms with Crippen molar-refractivity contribution in [3.63, 3.8) is 0 Å². The lowest BCUT2D eigenvalue weighted by Gasteiger charge is -2.20. The van der Waals surface area contributed by atoms with Gasteiger partial charge in [-0.1, -0.05) is 23.8 Å². The second-order valence-corrected chi connectivity index (χ2v) is 5.34. The van der Waals surface area contributed by atoms with Crippen LogP contribution in [0.15, 0.2) is 24.3 Å². The zero-order valence-electron chi connectivity index (χ0n) is 14.3. The molecule has 0 aromatic heterocycles. The maximum absolute atomic E-state index is 12.3. The molecule has 23 heavy (non-hydrogen) atoms. The fraction of sp³-hybridized carbons (Fsp3) is 0.444. The maximum Gasteiger partial charge on any atom is 0.307 e. The van der Waals surface area contributed by atoms with Gasteiger partial charge in [-0.2, -0.15) is 0 Å². The van der Waals surface area contributed by atoms with Crippen molar-refractivity contribution in [1.29, 1.82) is 0 Å². The van der Waals surface area contributed by atoms with Crippen molar-refractivity contribution in [2.24, 2.45) is 0 Å². The van der Waals surface area contributed by atoms with Gasteiger partial charge in [0, 0.05) is 26.3 Å². The number of rotatable bonds is 8. The van der Waals surface area contributed by atoms with Crippen LogP contribution in [0.3, 0.4) is 0 Å². The van der Waals surface area contributed by atoms with E-state index in [1.54, 1.807) is 18.1 Å². The standard InChI is InChI=1S/C18H25NO4/c1-14-5-6-16(15(2)13-14)7-8-17(20)19(11-12-22-3)10-9-18(21)23-4/h5-8,13H,9-12H2,1-4H3. The molecule has 0 N–H and O–H groups in total. The van der Waals surface area contributed by atoms with Crippen LogP contribution in [-0.2, 0) is 19.1 Å². The number of benzene rings is 1. The predicted molar refractivity (Wildman–Crippen MR) is 90.0 cm³/mol. The van der Waals surface area contributed by atoms with Gasteiger partial charge in [-0.3, -0.25) is 9.59 Å². The summed E-state index contributed by atoms with van der Waals surface area (Å²) in [6.07, 6.45) is 3.50. The Morgan fingerprint density at radius 1 is 1.17 bits per heavy atom. The monoisotopic (exact) mass is 319 g/mol. The minimum atomic E-state index is -0.335. The van der Waals surface area contributed by atoms with Crippen molar-refractivity contribution < 1.29 is 19.1 Å². The summed E-state index contributed by atoms with van der Waals surface area (Å²) < 4.78 is 9.63. The highest BCUT2D eigenvalue weighted by Gasteiger charge is 2.12. The van der Waals surface area contributed by atoms with Gasteiger partial charge in [0.1, 0.15) is 0 Å². The number of carbonyl (C=O) groups is 2. The Morgan fingerprint density at radius 3 is 2.52 bits per heavy atom. The third-order valence-electron chi connectivity index (χ3n) is 3.52. The molecule has 1 amide bonds. The van der Waals surface area contributed by atoms with E-state index in [2.05, 4.69) is 10.8 Å². The van der Waals surface area contributed by atoms with Gasteiger partial charge in [-0.05, 0) is 31.1 Å². The zero-order valence-corrected chi connectivity index (χ0v) is 14.3. The number of nitrogens with zero attached hydrogens (tertiary/aromatic N) is 1. The van der Waals surface area contributed by atoms with Crippen LogP contribution >= 0.6 is 0 Å². The molecule has 0 fully saturated rings. The van der Waals surface area contributed by atoms with Gasteiger partial charge < -0.3 is 14.4 Å². The Kier molecular flexibility index (Phi) is 8.05. The van der Waals surface area contributed by atoms with E-state index < -0.39 is 0 Å². The van der Waals surface area contributed by atoms with Crippen LogP contribution in [0.1, 0.15) is 23.1 Å². The Morgan fingerprint density at radius 2 is 1.91 bits per heavy atom. The smallest absolute Gasteiger partial charge is 0.307 e. The fourth-order valence-corrected chi connectivity index (χ4v) is 2.14. The predicted octanol–water partition coefficient (Wildman–Crippen LogP) is 2.35. The van der Waals surface area contributed by atoms with Crippen molar-refractivity contribution >= 4 is 18.0 Å². The van der Waals surface area contributed by atoms with Crippen molar-refractivity contribution in [3.8, 4) is 0 Å². The molecule has 0 saturated carbocycles. The molecule has 0 saturated heterocycles. The normalized spacial score (nSPS) is 10.8. The molecule has 0 aliphatic heterocycles. The highest BCUT2D eigenvalue weighted by molar-refractivity contribution is 5.92. The molecule has 1 aromatic rings. The van der Waals surface area contributed by atoms with E-state index in [0.717, 1.165) is 11.1 Å². The molecule has 5 heteroatoms. The number of aryl methyl sites for hydroxylation is 2. The Balaban J connectivity index is 2.74. The van der Waals surface area contributed by atoms with Crippen LogP contribution < -0.4 is 0 Å². The summed E-state index contributed by atoms with van der Waals surface area (Å²) in [6, 6.07) is 6.07. The number of amides is 1. The summed E-state index contributed by atoms with van der Waals surface area (Å²) >= 11 is 0. The van der Waals surface area contributed by atoms with Crippen LogP contribution in [0.25, 0.3) is 6.08 Å². The number of methoxy groups -OCH3 is 2. The molecule has 1 aromatic carbocycles. The van der Waals surface area contributed by atoms with Crippen molar-refractivity contribution in [1.82, 2.24) is 4.90 Å². The van der Waals surface area contributed by atoms with E-state index in [1.807, 2.05) is 26.0 Å². The van der Waals surface area contributed by atoms with Crippen molar-refractivity contribution in [2.75, 3.05) is 33.9 Å². The van der Waals surface area contributed by atoms with E-state index in [4.69, 9.17) is 4.74 Å². The Hall–Kier alpha value is -2.14. The molecule has 0 atom stereocenters. The molecule has 0 radical (unpaired) electrons. The second kappa shape index (κ2) is 9.79. The quantitative estimate of drug-likeness (QED) is 0.545. The van der Waals surface area contributed by atoms with Gasteiger partial charge >= 0.3 is 5.97 Å². The third-order valence-corrected chi connectivity index (χ3v) is 3.52. The summed E-state index contributed by atoms with van der Waals surface area (Å²) in [4.78, 5) is 25.2. The van der Waals surface area contributed by atoms with Crippen LogP contribution in [0, 0.1) is 13.8 Å². The van der Waals surface area contributed by atoms with Crippen molar-refractivity contribution in [2.45, 2.75) is 20.3 Å². The molecule has 126 valence electrons. The topological polar surface area (TPSA) is 55.8 Å². The average Bonchev–Trinajstić information content (AvgIpc) is 2.53. The lowest BCUT2D eigenvalue weighted by Crippen LogP contribution is -2.34. The van der Waals surface area contributed by atoms with Gasteiger partial charge in [-0.15, -0.1) is 0 Å². The van der Waals surface area contributed by atoms with Crippen LogP contribution in [0.2, 0.25) is 0 Å². The summed E-state index contributed by atoms with van der Waals surface area (Å²) in [5, 5.41) is 0. The van der Waals surface area contributed by atoms with Gasteiger partial charge in [0.05, 0.1) is 20.1 Å². The lowest BCUT2D eigenvalue weighted by atomic mass is 10.1. The molecule has 0 unspecified atom stereocenters. The minimum Gasteiger partial charge on any atom is -0.469 e. The second-order valence-electron chi connectivity index (χ2n) is 5.34. The van der Waals surface area contributed by atoms with E-state index in [-0.39, 0.29) is 18.3 Å². The number of hydrogen-bond acceptors (Lipinski definition) is 4. The van der Waals surface area contributed by atoms with Gasteiger partial charge in [0.25, 0.3) is 0 Å². The summed E-state index contributed by atoms with van der Waals surface area (Å²) in [7, 11) is 2.91. The first-order valence-electron chi connectivity index (χ1n) is 7.58. The van der Waals surface area contributed by atoms with Gasteiger partial charge in [-0.25, -0.2) is 0 Å². The number of ether oxygens (including phenoxy) is 2. The molecule has 0 aliphatic rings. The van der Waals surface area contributed by atoms with Crippen LogP contribution in [0.4, 0.5) is 0 Å². The van der Waals surface area contributed by atoms with Gasteiger partial charge in [0.15, 0.2) is 0 Å². The zero-order chi connectivity index (χ0) is 17.2. The molecule has 0 spiro atoms. The first-order chi connectivity index (χ1) is 11.0. The first kappa shape index (κ1) is 18.9. The van der Waals surface area contributed by atoms with Gasteiger partial charge in [0.2, 0.25) is 5.91 Å². The SMILES string of the molecule is COCCN(CCC(=O)OC)C(=O)C=Cc1ccc(C)cc1C. The lowest BCUT2D eigenvalue weighted by molar-refractivity contribution is -0.141. The van der Waals surface area contributed by atoms with E-state index in [0.29, 0.717) is 19.7 Å². The number of carbonyl (C=O) groups excluding carboxylic acids is 2. The van der Waals surface area contributed by atoms with E-state index in [1.165, 1.54) is 18.7 Å². The molecule has 1 rings (SSSR count). The van der Waals surface area contributed by atoms with E-state index in [9.17, 15) is 9.59 Å². The highest BCUT2D eigenvalue weighted by atomic mass is 16.5. The first-order valence-corrected chi connectivity index (χ1v) is 7.58. The van der Waals surface area contributed by atoms with E-state index >= 15 is 0 Å². The van der Waals surface area contributed by atoms with Crippen LogP contribution in [0.5, 0.6) is 0 Å². The molecule has 0 bridgehead atoms. The molecule has 5 nitrogen and oxygen atoms in total. The molecule has 0 heterocycles. The Labute approximate surface area is 137 Å². The van der Waals surface area contributed by atoms with Crippen molar-refractivity contribution in [3.05, 3.63) is 41.0 Å². The average molecular weight is 319 g/mol. The molecular formula is C18H25NO4. The Bertz CT molecular complexity index is 566. The third kappa shape index (κ3) is 6.65. The minimum absolute atomic E-state index is 0.147. The van der Waals surface area contributed by atoms with Crippen LogP contribution in [-0.4, -0.2) is 50.7 Å². The molecule has 0 aliphatic carbocycles. The number of hydrogen-bond donors (Lipinski definition) is 0. The summed E-state index contributed by atoms with van der Waals surface area (Å²) in [5.41, 5.74) is 3.31. The summed E-state index contributed by atoms with van der Waals surface area (Å²) in [6.45, 7) is 5.21. The highest BCUT2D eigenvalue weighted by Crippen LogP contribution is 2.12. The number of esters is 1.